The van der Waals surface area contributed by atoms with E-state index in [1.165, 1.54) is 11.3 Å². The summed E-state index contributed by atoms with van der Waals surface area (Å²) < 4.78 is 1.09. The highest BCUT2D eigenvalue weighted by atomic mass is 79.9. The predicted octanol–water partition coefficient (Wildman–Crippen LogP) is 4.11. The van der Waals surface area contributed by atoms with Gasteiger partial charge < -0.3 is 15.3 Å². The monoisotopic (exact) mass is 356 g/mol. The standard InChI is InChI=1S/C17H29BrN2O/c1-6-10-19-13(3)15-11-14(18)8-9-16(15)20(7-2)12-17(4,5)21/h8-9,11,13,19,21H,6-7,10,12H2,1-5H3. The molecule has 1 aromatic carbocycles. The number of hydrogen-bond donors (Lipinski definition) is 2. The molecule has 120 valence electrons. The fraction of sp³-hybridized carbons (Fsp3) is 0.647. The quantitative estimate of drug-likeness (QED) is 0.735. The average Bonchev–Trinajstić information content (AvgIpc) is 2.41. The SMILES string of the molecule is CCCNC(C)c1cc(Br)ccc1N(CC)CC(C)(C)O. The minimum atomic E-state index is -0.708. The minimum Gasteiger partial charge on any atom is -0.389 e. The molecule has 0 aliphatic heterocycles. The molecule has 0 aromatic heterocycles. The molecule has 1 rings (SSSR count). The molecule has 0 heterocycles. The number of likely N-dealkylation sites (N-methyl/N-ethyl adjacent to an activating group) is 1. The summed E-state index contributed by atoms with van der Waals surface area (Å²) in [6, 6.07) is 6.67. The van der Waals surface area contributed by atoms with Crippen molar-refractivity contribution in [1.82, 2.24) is 5.32 Å². The summed E-state index contributed by atoms with van der Waals surface area (Å²) in [5.74, 6) is 0. The first-order valence-corrected chi connectivity index (χ1v) is 8.58. The average molecular weight is 357 g/mol. The molecule has 0 aliphatic rings. The molecule has 0 amide bonds. The van der Waals surface area contributed by atoms with E-state index in [1.807, 2.05) is 13.8 Å². The summed E-state index contributed by atoms with van der Waals surface area (Å²) in [6.07, 6.45) is 1.12. The molecule has 4 heteroatoms. The van der Waals surface area contributed by atoms with Crippen molar-refractivity contribution in [3.8, 4) is 0 Å². The van der Waals surface area contributed by atoms with Gasteiger partial charge in [0.15, 0.2) is 0 Å². The largest absolute Gasteiger partial charge is 0.389 e. The van der Waals surface area contributed by atoms with Crippen molar-refractivity contribution in [2.75, 3.05) is 24.5 Å². The number of nitrogens with one attached hydrogen (secondary N) is 1. The van der Waals surface area contributed by atoms with Crippen molar-refractivity contribution in [1.29, 1.82) is 0 Å². The molecule has 0 spiro atoms. The van der Waals surface area contributed by atoms with Crippen LogP contribution in [0.5, 0.6) is 0 Å². The normalized spacial score (nSPS) is 13.3. The van der Waals surface area contributed by atoms with Gasteiger partial charge in [-0.15, -0.1) is 0 Å². The highest BCUT2D eigenvalue weighted by molar-refractivity contribution is 9.10. The molecule has 0 saturated heterocycles. The summed E-state index contributed by atoms with van der Waals surface area (Å²) in [5.41, 5.74) is 1.75. The first kappa shape index (κ1) is 18.5. The van der Waals surface area contributed by atoms with Crippen LogP contribution in [0.15, 0.2) is 22.7 Å². The van der Waals surface area contributed by atoms with Crippen molar-refractivity contribution in [2.24, 2.45) is 0 Å². The Bertz CT molecular complexity index is 443. The molecular weight excluding hydrogens is 328 g/mol. The van der Waals surface area contributed by atoms with Crippen LogP contribution in [-0.2, 0) is 0 Å². The van der Waals surface area contributed by atoms with Crippen molar-refractivity contribution < 1.29 is 5.11 Å². The lowest BCUT2D eigenvalue weighted by molar-refractivity contribution is 0.0875. The zero-order chi connectivity index (χ0) is 16.0. The number of anilines is 1. The minimum absolute atomic E-state index is 0.285. The highest BCUT2D eigenvalue weighted by Gasteiger charge is 2.21. The third-order valence-electron chi connectivity index (χ3n) is 3.46. The van der Waals surface area contributed by atoms with Crippen LogP contribution in [0.1, 0.15) is 52.6 Å². The molecular formula is C17H29BrN2O. The number of halogens is 1. The summed E-state index contributed by atoms with van der Waals surface area (Å²) in [4.78, 5) is 2.24. The van der Waals surface area contributed by atoms with E-state index in [4.69, 9.17) is 0 Å². The van der Waals surface area contributed by atoms with Crippen molar-refractivity contribution in [2.45, 2.75) is 52.7 Å². The van der Waals surface area contributed by atoms with Crippen LogP contribution in [0.3, 0.4) is 0 Å². The van der Waals surface area contributed by atoms with Crippen LogP contribution in [0.2, 0.25) is 0 Å². The summed E-state index contributed by atoms with van der Waals surface area (Å²) in [5, 5.41) is 13.7. The maximum absolute atomic E-state index is 10.1. The molecule has 1 aromatic rings. The number of benzene rings is 1. The van der Waals surface area contributed by atoms with Gasteiger partial charge in [-0.3, -0.25) is 0 Å². The third-order valence-corrected chi connectivity index (χ3v) is 3.95. The molecule has 0 saturated carbocycles. The molecule has 0 fully saturated rings. The van der Waals surface area contributed by atoms with Gasteiger partial charge in [0.05, 0.1) is 5.60 Å². The van der Waals surface area contributed by atoms with Crippen LogP contribution in [0.4, 0.5) is 5.69 Å². The zero-order valence-electron chi connectivity index (χ0n) is 13.9. The Morgan fingerprint density at radius 1 is 1.33 bits per heavy atom. The Hall–Kier alpha value is -0.580. The van der Waals surface area contributed by atoms with E-state index in [2.05, 4.69) is 65.1 Å². The van der Waals surface area contributed by atoms with Crippen molar-refractivity contribution in [3.63, 3.8) is 0 Å². The van der Waals surface area contributed by atoms with Gasteiger partial charge in [0.25, 0.3) is 0 Å². The summed E-state index contributed by atoms with van der Waals surface area (Å²) in [7, 11) is 0. The van der Waals surface area contributed by atoms with E-state index in [0.29, 0.717) is 6.54 Å². The molecule has 1 unspecified atom stereocenters. The maximum Gasteiger partial charge on any atom is 0.0765 e. The smallest absolute Gasteiger partial charge is 0.0765 e. The summed E-state index contributed by atoms with van der Waals surface area (Å²) >= 11 is 3.57. The lowest BCUT2D eigenvalue weighted by Crippen LogP contribution is -2.39. The first-order chi connectivity index (χ1) is 9.78. The maximum atomic E-state index is 10.1. The van der Waals surface area contributed by atoms with Gasteiger partial charge in [-0.05, 0) is 64.4 Å². The molecule has 0 radical (unpaired) electrons. The number of hydrogen-bond acceptors (Lipinski definition) is 3. The number of aliphatic hydroxyl groups is 1. The molecule has 0 bridgehead atoms. The molecule has 21 heavy (non-hydrogen) atoms. The second-order valence-electron chi connectivity index (χ2n) is 6.21. The fourth-order valence-corrected chi connectivity index (χ4v) is 2.84. The third kappa shape index (κ3) is 5.97. The van der Waals surface area contributed by atoms with Gasteiger partial charge in [-0.25, -0.2) is 0 Å². The highest BCUT2D eigenvalue weighted by Crippen LogP contribution is 2.30. The van der Waals surface area contributed by atoms with E-state index in [9.17, 15) is 5.11 Å². The van der Waals surface area contributed by atoms with Gasteiger partial charge in [0.1, 0.15) is 0 Å². The first-order valence-electron chi connectivity index (χ1n) is 7.78. The Morgan fingerprint density at radius 2 is 2.00 bits per heavy atom. The number of rotatable bonds is 8. The zero-order valence-corrected chi connectivity index (χ0v) is 15.5. The lowest BCUT2D eigenvalue weighted by Gasteiger charge is -2.33. The molecule has 3 nitrogen and oxygen atoms in total. The van der Waals surface area contributed by atoms with Gasteiger partial charge in [0, 0.05) is 29.3 Å². The van der Waals surface area contributed by atoms with Crippen LogP contribution in [0, 0.1) is 0 Å². The van der Waals surface area contributed by atoms with E-state index in [0.717, 1.165) is 24.0 Å². The lowest BCUT2D eigenvalue weighted by atomic mass is 10.0. The topological polar surface area (TPSA) is 35.5 Å². The van der Waals surface area contributed by atoms with Crippen molar-refractivity contribution in [3.05, 3.63) is 28.2 Å². The molecule has 0 aliphatic carbocycles. The second kappa shape index (κ2) is 8.16. The Balaban J connectivity index is 3.09. The van der Waals surface area contributed by atoms with Gasteiger partial charge >= 0.3 is 0 Å². The van der Waals surface area contributed by atoms with Crippen LogP contribution >= 0.6 is 15.9 Å². The predicted molar refractivity (Wildman–Crippen MR) is 95.0 cm³/mol. The van der Waals surface area contributed by atoms with Gasteiger partial charge in [-0.2, -0.15) is 0 Å². The van der Waals surface area contributed by atoms with E-state index >= 15 is 0 Å². The number of nitrogens with zero attached hydrogens (tertiary/aromatic N) is 1. The second-order valence-corrected chi connectivity index (χ2v) is 7.12. The van der Waals surface area contributed by atoms with Gasteiger partial charge in [-0.1, -0.05) is 22.9 Å². The summed E-state index contributed by atoms with van der Waals surface area (Å²) in [6.45, 7) is 12.7. The Kier molecular flexibility index (Phi) is 7.17. The van der Waals surface area contributed by atoms with Crippen molar-refractivity contribution >= 4 is 21.6 Å². The fourth-order valence-electron chi connectivity index (χ4n) is 2.47. The van der Waals surface area contributed by atoms with E-state index in [1.54, 1.807) is 0 Å². The van der Waals surface area contributed by atoms with Crippen LogP contribution in [-0.4, -0.2) is 30.3 Å². The Labute approximate surface area is 137 Å². The van der Waals surface area contributed by atoms with Gasteiger partial charge in [0.2, 0.25) is 0 Å². The Morgan fingerprint density at radius 3 is 2.52 bits per heavy atom. The van der Waals surface area contributed by atoms with E-state index in [-0.39, 0.29) is 6.04 Å². The van der Waals surface area contributed by atoms with Crippen LogP contribution < -0.4 is 10.2 Å². The van der Waals surface area contributed by atoms with E-state index < -0.39 is 5.60 Å². The molecule has 1 atom stereocenters. The van der Waals surface area contributed by atoms with Crippen LogP contribution in [0.25, 0.3) is 0 Å². The molecule has 2 N–H and O–H groups in total.